The topological polar surface area (TPSA) is 96.5 Å². The molecule has 4 heterocycles. The van der Waals surface area contributed by atoms with Gasteiger partial charge in [-0.15, -0.1) is 17.8 Å². The lowest BCUT2D eigenvalue weighted by atomic mass is 9.91. The van der Waals surface area contributed by atoms with Gasteiger partial charge in [-0.1, -0.05) is 17.7 Å². The lowest BCUT2D eigenvalue weighted by Gasteiger charge is -2.44. The molecule has 1 aromatic carbocycles. The van der Waals surface area contributed by atoms with E-state index in [1.54, 1.807) is 34.1 Å². The Bertz CT molecular complexity index is 1340. The molecule has 0 saturated carbocycles. The molecule has 1 atom stereocenters. The molecule has 0 aliphatic carbocycles. The van der Waals surface area contributed by atoms with Gasteiger partial charge in [-0.2, -0.15) is 4.31 Å². The van der Waals surface area contributed by atoms with Gasteiger partial charge in [0.2, 0.25) is 5.91 Å². The Labute approximate surface area is 212 Å². The van der Waals surface area contributed by atoms with Crippen molar-refractivity contribution in [2.75, 3.05) is 46.4 Å². The molecule has 5 rings (SSSR count). The number of carbonyl (C=O) groups is 2. The van der Waals surface area contributed by atoms with Gasteiger partial charge in [-0.25, -0.2) is 8.42 Å². The van der Waals surface area contributed by atoms with E-state index >= 15 is 0 Å². The van der Waals surface area contributed by atoms with E-state index in [2.05, 4.69) is 5.92 Å². The van der Waals surface area contributed by atoms with Gasteiger partial charge in [-0.3, -0.25) is 9.59 Å². The van der Waals surface area contributed by atoms with Crippen molar-refractivity contribution >= 4 is 54.9 Å². The minimum atomic E-state index is -3.98. The number of amides is 2. The minimum Gasteiger partial charge on any atom is -0.380 e. The van der Waals surface area contributed by atoms with Crippen LogP contribution in [0, 0.1) is 12.3 Å². The average Bonchev–Trinajstić information content (AvgIpc) is 3.39. The fourth-order valence-electron chi connectivity index (χ4n) is 5.18. The number of carbonyl (C=O) groups excluding carboxylic acids is 2. The van der Waals surface area contributed by atoms with Crippen LogP contribution in [-0.2, 0) is 29.1 Å². The van der Waals surface area contributed by atoms with Crippen LogP contribution in [0.3, 0.4) is 0 Å². The van der Waals surface area contributed by atoms with Crippen molar-refractivity contribution < 1.29 is 27.5 Å². The van der Waals surface area contributed by atoms with Crippen LogP contribution in [0.2, 0.25) is 5.02 Å². The first-order valence-electron chi connectivity index (χ1n) is 11.1. The molecule has 0 N–H and O–H groups in total. The normalized spacial score (nSPS) is 24.7. The molecule has 1 aromatic heterocycles. The fourth-order valence-corrected chi connectivity index (χ4v) is 8.44. The summed E-state index contributed by atoms with van der Waals surface area (Å²) in [4.78, 5) is 28.4. The lowest BCUT2D eigenvalue weighted by Crippen LogP contribution is -2.65. The summed E-state index contributed by atoms with van der Waals surface area (Å²) < 4.78 is 41.3. The maximum absolute atomic E-state index is 13.6. The molecule has 3 fully saturated rings. The molecule has 3 saturated heterocycles. The van der Waals surface area contributed by atoms with E-state index < -0.39 is 21.3 Å². The van der Waals surface area contributed by atoms with Crippen LogP contribution >= 0.6 is 22.9 Å². The number of rotatable bonds is 4. The van der Waals surface area contributed by atoms with E-state index in [0.717, 1.165) is 21.4 Å². The summed E-state index contributed by atoms with van der Waals surface area (Å²) in [7, 11) is -2.49. The van der Waals surface area contributed by atoms with Crippen molar-refractivity contribution in [2.45, 2.75) is 28.4 Å². The van der Waals surface area contributed by atoms with Crippen LogP contribution in [-0.4, -0.2) is 92.1 Å². The van der Waals surface area contributed by atoms with Crippen molar-refractivity contribution in [3.63, 3.8) is 0 Å². The molecule has 1 unspecified atom stereocenters. The zero-order valence-electron chi connectivity index (χ0n) is 19.0. The second-order valence-corrected chi connectivity index (χ2v) is 12.8. The Balaban J connectivity index is 1.43. The molecule has 9 nitrogen and oxygen atoms in total. The largest absolute Gasteiger partial charge is 0.380 e. The number of fused-ring (bicyclic) bond motifs is 2. The highest BCUT2D eigenvalue weighted by Crippen LogP contribution is 2.44. The van der Waals surface area contributed by atoms with Crippen molar-refractivity contribution in [1.29, 1.82) is 0 Å². The van der Waals surface area contributed by atoms with E-state index in [1.165, 1.54) is 11.4 Å². The number of sulfonamides is 1. The number of halogens is 1. The molecule has 2 amide bonds. The molecule has 3 aliphatic rings. The van der Waals surface area contributed by atoms with Crippen molar-refractivity contribution in [3.8, 4) is 12.3 Å². The summed E-state index contributed by atoms with van der Waals surface area (Å²) in [6.45, 7) is 0.785. The minimum absolute atomic E-state index is 0.0154. The monoisotopic (exact) mass is 537 g/mol. The Kier molecular flexibility index (Phi) is 6.11. The summed E-state index contributed by atoms with van der Waals surface area (Å²) in [6.07, 6.45) is 6.22. The van der Waals surface area contributed by atoms with E-state index in [0.29, 0.717) is 37.5 Å². The summed E-state index contributed by atoms with van der Waals surface area (Å²) in [5.74, 6) is 1.41. The molecule has 3 aliphatic heterocycles. The predicted octanol–water partition coefficient (Wildman–Crippen LogP) is 1.75. The SMILES string of the molecule is C#CC(=O)N1CCC2(CC1)CN1C(=O)CN(S(=O)(=O)c3cc4ccc(Cl)cc4s3)CC1(COC)O2. The second-order valence-electron chi connectivity index (χ2n) is 9.10. The number of hydrogen-bond acceptors (Lipinski definition) is 7. The zero-order valence-corrected chi connectivity index (χ0v) is 21.4. The van der Waals surface area contributed by atoms with Crippen LogP contribution < -0.4 is 0 Å². The molecule has 0 bridgehead atoms. The predicted molar refractivity (Wildman–Crippen MR) is 130 cm³/mol. The van der Waals surface area contributed by atoms with Crippen LogP contribution in [0.5, 0.6) is 0 Å². The molecule has 186 valence electrons. The Morgan fingerprint density at radius 3 is 2.71 bits per heavy atom. The first-order chi connectivity index (χ1) is 16.6. The van der Waals surface area contributed by atoms with Crippen molar-refractivity contribution in [3.05, 3.63) is 29.3 Å². The summed E-state index contributed by atoms with van der Waals surface area (Å²) in [5, 5.41) is 1.28. The number of piperidine rings is 1. The highest BCUT2D eigenvalue weighted by molar-refractivity contribution is 7.91. The van der Waals surface area contributed by atoms with Gasteiger partial charge in [0.05, 0.1) is 31.8 Å². The smallest absolute Gasteiger partial charge is 0.298 e. The summed E-state index contributed by atoms with van der Waals surface area (Å²) >= 11 is 7.18. The highest BCUT2D eigenvalue weighted by atomic mass is 35.5. The number of terminal acetylenes is 1. The van der Waals surface area contributed by atoms with Crippen LogP contribution in [0.25, 0.3) is 10.1 Å². The summed E-state index contributed by atoms with van der Waals surface area (Å²) in [6, 6.07) is 6.79. The first kappa shape index (κ1) is 24.5. The molecular formula is C23H24ClN3O6S2. The van der Waals surface area contributed by atoms with Gasteiger partial charge in [0, 0.05) is 29.9 Å². The third kappa shape index (κ3) is 4.12. The number of hydrogen-bond donors (Lipinski definition) is 0. The summed E-state index contributed by atoms with van der Waals surface area (Å²) in [5.41, 5.74) is -1.96. The van der Waals surface area contributed by atoms with E-state index in [4.69, 9.17) is 27.5 Å². The van der Waals surface area contributed by atoms with Gasteiger partial charge in [0.15, 0.2) is 5.72 Å². The molecular weight excluding hydrogens is 514 g/mol. The maximum Gasteiger partial charge on any atom is 0.298 e. The third-order valence-corrected chi connectivity index (χ3v) is 10.5. The molecule has 35 heavy (non-hydrogen) atoms. The van der Waals surface area contributed by atoms with Crippen molar-refractivity contribution in [1.82, 2.24) is 14.1 Å². The van der Waals surface area contributed by atoms with Crippen LogP contribution in [0.15, 0.2) is 28.5 Å². The fraction of sp³-hybridized carbons (Fsp3) is 0.478. The number of likely N-dealkylation sites (tertiary alicyclic amines) is 1. The molecule has 2 aromatic rings. The van der Waals surface area contributed by atoms with Crippen molar-refractivity contribution in [2.24, 2.45) is 0 Å². The van der Waals surface area contributed by atoms with E-state index in [-0.39, 0.29) is 35.7 Å². The maximum atomic E-state index is 13.6. The molecule has 12 heteroatoms. The van der Waals surface area contributed by atoms with E-state index in [1.807, 2.05) is 0 Å². The van der Waals surface area contributed by atoms with Crippen LogP contribution in [0.4, 0.5) is 0 Å². The number of thiophene rings is 1. The standard InChI is InChI=1S/C23H24ClN3O6S2/c1-3-19(28)25-8-6-22(7-9-25)13-27-20(29)12-26(14-23(27,33-22)15-32-2)35(30,31)21-10-16-4-5-17(24)11-18(16)34-21/h1,4-5,10-11H,6-9,12-15H2,2H3. The Hall–Kier alpha value is -2.20. The molecule has 0 radical (unpaired) electrons. The van der Waals surface area contributed by atoms with Gasteiger partial charge in [0.1, 0.15) is 4.21 Å². The number of nitrogens with zero attached hydrogens (tertiary/aromatic N) is 3. The second kappa shape index (κ2) is 8.73. The zero-order chi connectivity index (χ0) is 25.0. The van der Waals surface area contributed by atoms with E-state index in [9.17, 15) is 18.0 Å². The first-order valence-corrected chi connectivity index (χ1v) is 13.7. The van der Waals surface area contributed by atoms with Gasteiger partial charge >= 0.3 is 0 Å². The number of methoxy groups -OCH3 is 1. The quantitative estimate of drug-likeness (QED) is 0.551. The Morgan fingerprint density at radius 2 is 2.03 bits per heavy atom. The van der Waals surface area contributed by atoms with Gasteiger partial charge in [0.25, 0.3) is 15.9 Å². The van der Waals surface area contributed by atoms with Gasteiger partial charge in [-0.05, 0) is 42.3 Å². The number of ether oxygens (including phenoxy) is 2. The Morgan fingerprint density at radius 1 is 1.29 bits per heavy atom. The molecule has 1 spiro atoms. The number of piperazine rings is 1. The highest BCUT2D eigenvalue weighted by Gasteiger charge is 2.61. The average molecular weight is 538 g/mol. The lowest BCUT2D eigenvalue weighted by molar-refractivity contribution is -0.197. The van der Waals surface area contributed by atoms with Crippen LogP contribution in [0.1, 0.15) is 12.8 Å². The number of benzene rings is 1. The third-order valence-electron chi connectivity index (χ3n) is 6.89. The van der Waals surface area contributed by atoms with Gasteiger partial charge < -0.3 is 19.3 Å².